The van der Waals surface area contributed by atoms with E-state index in [0.717, 1.165) is 57.1 Å². The first-order valence-electron chi connectivity index (χ1n) is 9.68. The number of hydrogen-bond donors (Lipinski definition) is 0. The van der Waals surface area contributed by atoms with Crippen molar-refractivity contribution in [3.8, 4) is 0 Å². The third kappa shape index (κ3) is 4.30. The second kappa shape index (κ2) is 7.71. The molecule has 0 bridgehead atoms. The van der Waals surface area contributed by atoms with Crippen LogP contribution in [0.1, 0.15) is 73.4 Å². The van der Waals surface area contributed by atoms with Gasteiger partial charge in [0.1, 0.15) is 0 Å². The zero-order chi connectivity index (χ0) is 18.8. The predicted octanol–water partition coefficient (Wildman–Crippen LogP) is 5.67. The second-order valence-corrected chi connectivity index (χ2v) is 7.82. The summed E-state index contributed by atoms with van der Waals surface area (Å²) in [6.45, 7) is 2.92. The molecule has 0 unspecified atom stereocenters. The largest absolute Gasteiger partial charge is 0.389 e. The first kappa shape index (κ1) is 19.4. The molecular weight excluding hydrogens is 341 g/mol. The molecule has 2 aliphatic carbocycles. The molecule has 1 spiro atoms. The van der Waals surface area contributed by atoms with Gasteiger partial charge in [-0.05, 0) is 62.1 Å². The van der Waals surface area contributed by atoms with Gasteiger partial charge in [-0.3, -0.25) is 4.79 Å². The third-order valence-corrected chi connectivity index (χ3v) is 5.87. The Bertz CT molecular complexity index is 643. The molecule has 26 heavy (non-hydrogen) atoms. The molecule has 0 radical (unpaired) electrons. The van der Waals surface area contributed by atoms with Crippen molar-refractivity contribution in [3.63, 3.8) is 0 Å². The summed E-state index contributed by atoms with van der Waals surface area (Å²) < 4.78 is 43.2. The molecule has 0 aromatic heterocycles. The zero-order valence-electron chi connectivity index (χ0n) is 15.3. The van der Waals surface area contributed by atoms with Crippen molar-refractivity contribution in [2.75, 3.05) is 6.61 Å². The Morgan fingerprint density at radius 2 is 1.96 bits per heavy atom. The van der Waals surface area contributed by atoms with Crippen LogP contribution in [-0.2, 0) is 17.6 Å². The molecule has 5 heteroatoms. The van der Waals surface area contributed by atoms with Gasteiger partial charge in [0, 0.05) is 24.0 Å². The normalized spacial score (nSPS) is 25.7. The van der Waals surface area contributed by atoms with Crippen LogP contribution in [0.5, 0.6) is 0 Å². The van der Waals surface area contributed by atoms with E-state index in [1.165, 1.54) is 0 Å². The number of ether oxygens (including phenoxy) is 1. The fourth-order valence-corrected chi connectivity index (χ4v) is 4.27. The van der Waals surface area contributed by atoms with Crippen LogP contribution in [0.4, 0.5) is 13.2 Å². The van der Waals surface area contributed by atoms with E-state index >= 15 is 0 Å². The molecule has 0 atom stereocenters. The van der Waals surface area contributed by atoms with Crippen LogP contribution < -0.4 is 0 Å². The van der Waals surface area contributed by atoms with Gasteiger partial charge in [-0.2, -0.15) is 13.2 Å². The van der Waals surface area contributed by atoms with Crippen LogP contribution >= 0.6 is 0 Å². The predicted molar refractivity (Wildman–Crippen MR) is 94.4 cm³/mol. The van der Waals surface area contributed by atoms with E-state index in [0.29, 0.717) is 11.1 Å². The van der Waals surface area contributed by atoms with Gasteiger partial charge in [-0.1, -0.05) is 25.5 Å². The van der Waals surface area contributed by atoms with Gasteiger partial charge >= 0.3 is 6.18 Å². The van der Waals surface area contributed by atoms with E-state index in [2.05, 4.69) is 6.92 Å². The molecule has 2 aliphatic rings. The van der Waals surface area contributed by atoms with Crippen molar-refractivity contribution < 1.29 is 22.7 Å². The molecule has 0 amide bonds. The summed E-state index contributed by atoms with van der Waals surface area (Å²) in [4.78, 5) is 13.0. The number of rotatable bonds is 6. The van der Waals surface area contributed by atoms with Crippen molar-refractivity contribution in [2.24, 2.45) is 5.41 Å². The molecule has 0 N–H and O–H groups in total. The van der Waals surface area contributed by atoms with Gasteiger partial charge in [-0.15, -0.1) is 0 Å². The number of aryl methyl sites for hydroxylation is 1. The highest BCUT2D eigenvalue weighted by molar-refractivity contribution is 6.05. The average molecular weight is 368 g/mol. The fourth-order valence-electron chi connectivity index (χ4n) is 4.27. The van der Waals surface area contributed by atoms with E-state index in [9.17, 15) is 18.0 Å². The molecule has 3 rings (SSSR count). The summed E-state index contributed by atoms with van der Waals surface area (Å²) in [5.41, 5.74) is 1.89. The highest BCUT2D eigenvalue weighted by Crippen LogP contribution is 2.48. The second-order valence-electron chi connectivity index (χ2n) is 7.82. The monoisotopic (exact) mass is 368 g/mol. The molecular formula is C21H27F3O2. The Hall–Kier alpha value is -1.36. The molecule has 0 heterocycles. The Balaban J connectivity index is 1.63. The van der Waals surface area contributed by atoms with Crippen LogP contribution in [-0.4, -0.2) is 24.7 Å². The van der Waals surface area contributed by atoms with Crippen molar-refractivity contribution in [1.29, 1.82) is 0 Å². The van der Waals surface area contributed by atoms with Gasteiger partial charge in [0.15, 0.2) is 5.78 Å². The minimum Gasteiger partial charge on any atom is -0.378 e. The van der Waals surface area contributed by atoms with Gasteiger partial charge in [0.05, 0.1) is 6.10 Å². The van der Waals surface area contributed by atoms with Crippen molar-refractivity contribution in [1.82, 2.24) is 0 Å². The van der Waals surface area contributed by atoms with Crippen LogP contribution in [0.25, 0.3) is 0 Å². The number of carbonyl (C=O) groups is 1. The summed E-state index contributed by atoms with van der Waals surface area (Å²) >= 11 is 0. The van der Waals surface area contributed by atoms with Crippen LogP contribution in [0.3, 0.4) is 0 Å². The van der Waals surface area contributed by atoms with E-state index in [-0.39, 0.29) is 23.7 Å². The number of halogens is 3. The molecule has 1 saturated carbocycles. The minimum absolute atomic E-state index is 0.0651. The van der Waals surface area contributed by atoms with Crippen LogP contribution in [0.15, 0.2) is 18.2 Å². The molecule has 0 saturated heterocycles. The van der Waals surface area contributed by atoms with E-state index in [1.54, 1.807) is 12.1 Å². The first-order chi connectivity index (χ1) is 12.3. The number of unbranched alkanes of at least 4 members (excludes halogenated alkanes) is 1. The summed E-state index contributed by atoms with van der Waals surface area (Å²) in [5.74, 6) is 0.133. The molecule has 1 aromatic carbocycles. The lowest BCUT2D eigenvalue weighted by atomic mass is 9.70. The maximum atomic E-state index is 13.0. The summed E-state index contributed by atoms with van der Waals surface area (Å²) in [6, 6.07) is 5.30. The highest BCUT2D eigenvalue weighted by Gasteiger charge is 2.47. The average Bonchev–Trinajstić information content (AvgIpc) is 2.87. The van der Waals surface area contributed by atoms with Gasteiger partial charge in [-0.25, -0.2) is 0 Å². The van der Waals surface area contributed by atoms with Gasteiger partial charge in [0.25, 0.3) is 0 Å². The zero-order valence-corrected chi connectivity index (χ0v) is 15.3. The van der Waals surface area contributed by atoms with E-state index < -0.39 is 12.6 Å². The van der Waals surface area contributed by atoms with E-state index in [4.69, 9.17) is 4.74 Å². The smallest absolute Gasteiger partial charge is 0.378 e. The Morgan fingerprint density at radius 3 is 2.62 bits per heavy atom. The maximum Gasteiger partial charge on any atom is 0.389 e. The number of benzene rings is 1. The number of hydrogen-bond acceptors (Lipinski definition) is 2. The summed E-state index contributed by atoms with van der Waals surface area (Å²) in [6.07, 6.45) is 1.48. The lowest BCUT2D eigenvalue weighted by Crippen LogP contribution is -2.35. The minimum atomic E-state index is -4.17. The Kier molecular flexibility index (Phi) is 5.75. The molecule has 2 nitrogen and oxygen atoms in total. The standard InChI is InChI=1S/C21H27F3O2/c1-2-3-12-26-17-7-9-20(10-8-17)14-16-5-4-15(6-11-21(22,23)24)13-18(16)19(20)25/h4-5,13,17H,2-3,6-12,14H2,1H3. The van der Waals surface area contributed by atoms with E-state index in [1.807, 2.05) is 6.07 Å². The van der Waals surface area contributed by atoms with Crippen molar-refractivity contribution in [3.05, 3.63) is 34.9 Å². The van der Waals surface area contributed by atoms with Crippen molar-refractivity contribution >= 4 is 5.78 Å². The Labute approximate surface area is 153 Å². The highest BCUT2D eigenvalue weighted by atomic mass is 19.4. The maximum absolute atomic E-state index is 13.0. The van der Waals surface area contributed by atoms with Crippen LogP contribution in [0, 0.1) is 5.41 Å². The molecule has 1 fully saturated rings. The molecule has 0 aliphatic heterocycles. The number of ketones is 1. The van der Waals surface area contributed by atoms with Crippen molar-refractivity contribution in [2.45, 2.75) is 77.0 Å². The third-order valence-electron chi connectivity index (χ3n) is 5.87. The molecule has 1 aromatic rings. The SMILES string of the molecule is CCCCOC1CCC2(CC1)Cc1ccc(CCC(F)(F)F)cc1C2=O. The quantitative estimate of drug-likeness (QED) is 0.605. The number of carbonyl (C=O) groups excluding carboxylic acids is 1. The molecule has 144 valence electrons. The van der Waals surface area contributed by atoms with Gasteiger partial charge in [0.2, 0.25) is 0 Å². The lowest BCUT2D eigenvalue weighted by Gasteiger charge is -2.35. The lowest BCUT2D eigenvalue weighted by molar-refractivity contribution is -0.133. The number of Topliss-reactive ketones (excluding diaryl/α,β-unsaturated/α-hetero) is 1. The number of fused-ring (bicyclic) bond motifs is 1. The van der Waals surface area contributed by atoms with Gasteiger partial charge < -0.3 is 4.74 Å². The summed E-state index contributed by atoms with van der Waals surface area (Å²) in [5, 5.41) is 0. The topological polar surface area (TPSA) is 26.3 Å². The van der Waals surface area contributed by atoms with Crippen LogP contribution in [0.2, 0.25) is 0 Å². The first-order valence-corrected chi connectivity index (χ1v) is 9.68. The Morgan fingerprint density at radius 1 is 1.23 bits per heavy atom. The fraction of sp³-hybridized carbons (Fsp3) is 0.667. The number of alkyl halides is 3. The summed E-state index contributed by atoms with van der Waals surface area (Å²) in [7, 11) is 0.